The predicted octanol–water partition coefficient (Wildman–Crippen LogP) is 2.83. The van der Waals surface area contributed by atoms with E-state index in [9.17, 15) is 9.18 Å². The predicted molar refractivity (Wildman–Crippen MR) is 80.1 cm³/mol. The zero-order valence-electron chi connectivity index (χ0n) is 11.4. The lowest BCUT2D eigenvalue weighted by Gasteiger charge is -1.98. The molecule has 1 aromatic heterocycles. The summed E-state index contributed by atoms with van der Waals surface area (Å²) >= 11 is 1.34. The molecule has 110 valence electrons. The van der Waals surface area contributed by atoms with Crippen LogP contribution in [0.1, 0.15) is 18.2 Å². The number of ether oxygens (including phenoxy) is 1. The van der Waals surface area contributed by atoms with E-state index < -0.39 is 0 Å². The Bertz CT molecular complexity index is 625. The second kappa shape index (κ2) is 7.49. The maximum atomic E-state index is 12.7. The number of rotatable bonds is 6. The molecule has 0 radical (unpaired) electrons. The van der Waals surface area contributed by atoms with Crippen molar-refractivity contribution >= 4 is 28.7 Å². The Balaban J connectivity index is 1.87. The molecule has 0 aliphatic heterocycles. The van der Waals surface area contributed by atoms with Gasteiger partial charge in [-0.2, -0.15) is 5.10 Å². The van der Waals surface area contributed by atoms with Crippen molar-refractivity contribution in [2.24, 2.45) is 5.10 Å². The van der Waals surface area contributed by atoms with Crippen molar-refractivity contribution in [3.8, 4) is 0 Å². The molecule has 2 rings (SSSR count). The van der Waals surface area contributed by atoms with Gasteiger partial charge >= 0.3 is 5.97 Å². The Morgan fingerprint density at radius 2 is 2.24 bits per heavy atom. The van der Waals surface area contributed by atoms with E-state index in [4.69, 9.17) is 4.74 Å². The number of anilines is 1. The first-order valence-corrected chi connectivity index (χ1v) is 7.20. The third-order valence-corrected chi connectivity index (χ3v) is 3.22. The maximum Gasteiger partial charge on any atom is 0.311 e. The molecule has 2 aromatic rings. The van der Waals surface area contributed by atoms with E-state index in [2.05, 4.69) is 15.5 Å². The first-order valence-electron chi connectivity index (χ1n) is 6.32. The maximum absolute atomic E-state index is 12.7. The smallest absolute Gasteiger partial charge is 0.311 e. The lowest BCUT2D eigenvalue weighted by molar-refractivity contribution is -0.142. The Hall–Kier alpha value is -2.28. The molecule has 1 N–H and O–H groups in total. The highest BCUT2D eigenvalue weighted by Crippen LogP contribution is 2.16. The first kappa shape index (κ1) is 15.1. The van der Waals surface area contributed by atoms with Crippen molar-refractivity contribution in [3.63, 3.8) is 0 Å². The quantitative estimate of drug-likeness (QED) is 0.506. The van der Waals surface area contributed by atoms with Crippen molar-refractivity contribution in [2.75, 3.05) is 12.0 Å². The number of carbonyl (C=O) groups excluding carboxylic acids is 1. The topological polar surface area (TPSA) is 63.6 Å². The van der Waals surface area contributed by atoms with Gasteiger partial charge in [-0.05, 0) is 24.6 Å². The summed E-state index contributed by atoms with van der Waals surface area (Å²) in [5.41, 5.74) is 4.17. The largest absolute Gasteiger partial charge is 0.466 e. The third-order valence-electron chi connectivity index (χ3n) is 2.43. The molecule has 0 spiro atoms. The summed E-state index contributed by atoms with van der Waals surface area (Å²) in [6, 6.07) is 5.97. The van der Waals surface area contributed by atoms with Gasteiger partial charge in [-0.3, -0.25) is 10.2 Å². The van der Waals surface area contributed by atoms with Crippen LogP contribution in [-0.2, 0) is 16.0 Å². The number of thiazole rings is 1. The number of nitrogens with one attached hydrogen (secondary N) is 1. The molecule has 1 aromatic carbocycles. The van der Waals surface area contributed by atoms with Gasteiger partial charge in [0.15, 0.2) is 0 Å². The van der Waals surface area contributed by atoms with E-state index >= 15 is 0 Å². The molecule has 0 fully saturated rings. The number of halogens is 1. The zero-order valence-corrected chi connectivity index (χ0v) is 12.2. The summed E-state index contributed by atoms with van der Waals surface area (Å²) in [6.07, 6.45) is 1.71. The van der Waals surface area contributed by atoms with E-state index in [0.29, 0.717) is 17.4 Å². The van der Waals surface area contributed by atoms with Gasteiger partial charge in [0, 0.05) is 5.38 Å². The monoisotopic (exact) mass is 307 g/mol. The van der Waals surface area contributed by atoms with Crippen molar-refractivity contribution in [2.45, 2.75) is 13.3 Å². The van der Waals surface area contributed by atoms with Crippen molar-refractivity contribution in [3.05, 3.63) is 46.7 Å². The van der Waals surface area contributed by atoms with Crippen LogP contribution in [-0.4, -0.2) is 23.8 Å². The van der Waals surface area contributed by atoms with Crippen LogP contribution in [0.4, 0.5) is 9.52 Å². The van der Waals surface area contributed by atoms with Crippen LogP contribution in [0.3, 0.4) is 0 Å². The minimum atomic E-state index is -0.302. The molecule has 0 unspecified atom stereocenters. The molecule has 1 heterocycles. The van der Waals surface area contributed by atoms with Crippen molar-refractivity contribution in [1.82, 2.24) is 4.98 Å². The van der Waals surface area contributed by atoms with Crippen LogP contribution in [0.5, 0.6) is 0 Å². The van der Waals surface area contributed by atoms with Crippen LogP contribution in [0.25, 0.3) is 0 Å². The standard InChI is InChI=1S/C14H14FN3O2S/c1-2-20-13(19)7-12-9-21-14(17-12)18-16-8-10-3-5-11(15)6-4-10/h3-6,8-9H,2,7H2,1H3,(H,17,18)/b16-8-. The molecule has 0 atom stereocenters. The van der Waals surface area contributed by atoms with Crippen LogP contribution in [0, 0.1) is 5.82 Å². The molecule has 0 aliphatic carbocycles. The summed E-state index contributed by atoms with van der Waals surface area (Å²) in [5, 5.41) is 6.35. The van der Waals surface area contributed by atoms with Crippen LogP contribution >= 0.6 is 11.3 Å². The lowest BCUT2D eigenvalue weighted by Crippen LogP contribution is -2.07. The molecule has 0 amide bonds. The first-order chi connectivity index (χ1) is 10.2. The number of nitrogens with zero attached hydrogens (tertiary/aromatic N) is 2. The van der Waals surface area contributed by atoms with Gasteiger partial charge in [0.1, 0.15) is 5.82 Å². The average Bonchev–Trinajstić information content (AvgIpc) is 2.89. The fourth-order valence-corrected chi connectivity index (χ4v) is 2.17. The molecule has 0 bridgehead atoms. The van der Waals surface area contributed by atoms with Gasteiger partial charge in [-0.15, -0.1) is 11.3 Å². The highest BCUT2D eigenvalue weighted by atomic mass is 32.1. The van der Waals surface area contributed by atoms with E-state index in [1.54, 1.807) is 30.7 Å². The van der Waals surface area contributed by atoms with Crippen LogP contribution in [0.2, 0.25) is 0 Å². The van der Waals surface area contributed by atoms with E-state index in [0.717, 1.165) is 5.56 Å². The number of hydrogen-bond donors (Lipinski definition) is 1. The number of aromatic nitrogens is 1. The number of hydrogen-bond acceptors (Lipinski definition) is 6. The Morgan fingerprint density at radius 1 is 1.48 bits per heavy atom. The van der Waals surface area contributed by atoms with Crippen molar-refractivity contribution in [1.29, 1.82) is 0 Å². The minimum Gasteiger partial charge on any atom is -0.466 e. The molecular formula is C14H14FN3O2S. The Morgan fingerprint density at radius 3 is 2.95 bits per heavy atom. The lowest BCUT2D eigenvalue weighted by atomic mass is 10.2. The molecule has 5 nitrogen and oxygen atoms in total. The molecule has 7 heteroatoms. The summed E-state index contributed by atoms with van der Waals surface area (Å²) in [4.78, 5) is 15.5. The number of carbonyl (C=O) groups is 1. The fourth-order valence-electron chi connectivity index (χ4n) is 1.51. The summed E-state index contributed by atoms with van der Waals surface area (Å²) in [7, 11) is 0. The zero-order chi connectivity index (χ0) is 15.1. The molecule has 0 saturated carbocycles. The van der Waals surface area contributed by atoms with Gasteiger partial charge in [-0.1, -0.05) is 12.1 Å². The SMILES string of the molecule is CCOC(=O)Cc1csc(N/N=C\c2ccc(F)cc2)n1. The summed E-state index contributed by atoms with van der Waals surface area (Å²) in [5.74, 6) is -0.590. The molecule has 21 heavy (non-hydrogen) atoms. The fraction of sp³-hybridized carbons (Fsp3) is 0.214. The second-order valence-electron chi connectivity index (χ2n) is 4.05. The van der Waals surface area contributed by atoms with Gasteiger partial charge in [-0.25, -0.2) is 9.37 Å². The van der Waals surface area contributed by atoms with E-state index in [1.807, 2.05) is 0 Å². The molecule has 0 aliphatic rings. The molecule has 0 saturated heterocycles. The van der Waals surface area contributed by atoms with Gasteiger partial charge in [0.2, 0.25) is 5.13 Å². The number of hydrazone groups is 1. The minimum absolute atomic E-state index is 0.147. The highest BCUT2D eigenvalue weighted by molar-refractivity contribution is 7.13. The van der Waals surface area contributed by atoms with E-state index in [-0.39, 0.29) is 18.2 Å². The number of esters is 1. The third kappa shape index (κ3) is 4.96. The van der Waals surface area contributed by atoms with Gasteiger partial charge < -0.3 is 4.74 Å². The molecular weight excluding hydrogens is 293 g/mol. The van der Waals surface area contributed by atoms with Gasteiger partial charge in [0.25, 0.3) is 0 Å². The van der Waals surface area contributed by atoms with Crippen LogP contribution < -0.4 is 5.43 Å². The van der Waals surface area contributed by atoms with E-state index in [1.165, 1.54) is 23.5 Å². The number of benzene rings is 1. The Kier molecular flexibility index (Phi) is 5.39. The highest BCUT2D eigenvalue weighted by Gasteiger charge is 2.07. The summed E-state index contributed by atoms with van der Waals surface area (Å²) < 4.78 is 17.6. The van der Waals surface area contributed by atoms with Crippen molar-refractivity contribution < 1.29 is 13.9 Å². The normalized spacial score (nSPS) is 10.8. The summed E-state index contributed by atoms with van der Waals surface area (Å²) in [6.45, 7) is 2.12. The average molecular weight is 307 g/mol. The van der Waals surface area contributed by atoms with Gasteiger partial charge in [0.05, 0.1) is 24.9 Å². The second-order valence-corrected chi connectivity index (χ2v) is 4.91. The van der Waals surface area contributed by atoms with Crippen LogP contribution in [0.15, 0.2) is 34.7 Å². The Labute approximate surface area is 125 Å².